The Morgan fingerprint density at radius 2 is 2.06 bits per heavy atom. The van der Waals surface area contributed by atoms with Gasteiger partial charge in [0.2, 0.25) is 0 Å². The Kier molecular flexibility index (Phi) is 6.08. The van der Waals surface area contributed by atoms with E-state index in [2.05, 4.69) is 5.32 Å². The lowest BCUT2D eigenvalue weighted by molar-refractivity contribution is -0.138. The van der Waals surface area contributed by atoms with E-state index in [0.717, 1.165) is 6.42 Å². The van der Waals surface area contributed by atoms with Gasteiger partial charge in [0.15, 0.2) is 0 Å². The predicted molar refractivity (Wildman–Crippen MR) is 53.1 cm³/mol. The monoisotopic (exact) mass is 241 g/mol. The van der Waals surface area contributed by atoms with Crippen LogP contribution in [0.1, 0.15) is 25.7 Å². The van der Waals surface area contributed by atoms with Gasteiger partial charge in [-0.1, -0.05) is 0 Å². The van der Waals surface area contributed by atoms with Crippen molar-refractivity contribution in [2.75, 3.05) is 26.5 Å². The number of hydrogen-bond acceptors (Lipinski definition) is 3. The van der Waals surface area contributed by atoms with Crippen molar-refractivity contribution in [3.63, 3.8) is 0 Å². The molecule has 0 bridgehead atoms. The van der Waals surface area contributed by atoms with Gasteiger partial charge < -0.3 is 14.8 Å². The maximum atomic E-state index is 11.8. The number of halogens is 3. The molecule has 0 amide bonds. The Labute approximate surface area is 93.3 Å². The van der Waals surface area contributed by atoms with E-state index in [9.17, 15) is 13.2 Å². The van der Waals surface area contributed by atoms with Crippen LogP contribution in [-0.2, 0) is 9.47 Å². The van der Waals surface area contributed by atoms with Gasteiger partial charge in [0.25, 0.3) is 0 Å². The molecule has 0 aromatic rings. The van der Waals surface area contributed by atoms with E-state index in [-0.39, 0.29) is 12.5 Å². The lowest BCUT2D eigenvalue weighted by atomic mass is 10.2. The highest BCUT2D eigenvalue weighted by molar-refractivity contribution is 4.63. The highest BCUT2D eigenvalue weighted by Crippen LogP contribution is 2.21. The highest BCUT2D eigenvalue weighted by Gasteiger charge is 2.25. The van der Waals surface area contributed by atoms with Crippen LogP contribution in [0, 0.1) is 0 Å². The van der Waals surface area contributed by atoms with E-state index in [1.54, 1.807) is 0 Å². The van der Waals surface area contributed by atoms with Crippen LogP contribution in [0.4, 0.5) is 13.2 Å². The molecule has 1 unspecified atom stereocenters. The minimum Gasteiger partial charge on any atom is -0.355 e. The van der Waals surface area contributed by atoms with Gasteiger partial charge >= 0.3 is 6.18 Å². The fraction of sp³-hybridized carbons (Fsp3) is 1.00. The zero-order valence-corrected chi connectivity index (χ0v) is 9.18. The molecule has 16 heavy (non-hydrogen) atoms. The third-order valence-corrected chi connectivity index (χ3v) is 2.41. The van der Waals surface area contributed by atoms with Crippen molar-refractivity contribution in [2.24, 2.45) is 0 Å². The summed E-state index contributed by atoms with van der Waals surface area (Å²) in [5.41, 5.74) is 0. The van der Waals surface area contributed by atoms with Crippen molar-refractivity contribution in [1.29, 1.82) is 0 Å². The van der Waals surface area contributed by atoms with Crippen molar-refractivity contribution < 1.29 is 22.6 Å². The van der Waals surface area contributed by atoms with E-state index in [1.807, 2.05) is 0 Å². The summed E-state index contributed by atoms with van der Waals surface area (Å²) in [6.45, 7) is 2.31. The van der Waals surface area contributed by atoms with E-state index in [1.165, 1.54) is 0 Å². The maximum Gasteiger partial charge on any atom is 0.389 e. The fourth-order valence-corrected chi connectivity index (χ4v) is 1.50. The summed E-state index contributed by atoms with van der Waals surface area (Å²) in [4.78, 5) is 0. The number of hydrogen-bond donors (Lipinski definition) is 1. The molecule has 0 radical (unpaired) electrons. The first-order chi connectivity index (χ1) is 7.58. The molecule has 1 N–H and O–H groups in total. The number of ether oxygens (including phenoxy) is 2. The van der Waals surface area contributed by atoms with Crippen molar-refractivity contribution in [3.05, 3.63) is 0 Å². The quantitative estimate of drug-likeness (QED) is 0.722. The molecular formula is C10H18F3NO2. The van der Waals surface area contributed by atoms with Crippen LogP contribution in [0.5, 0.6) is 0 Å². The normalized spacial score (nSPS) is 22.3. The van der Waals surface area contributed by atoms with Crippen molar-refractivity contribution in [2.45, 2.75) is 38.0 Å². The molecule has 1 fully saturated rings. The van der Waals surface area contributed by atoms with Crippen LogP contribution in [-0.4, -0.2) is 38.8 Å². The SMILES string of the molecule is FC(F)(F)CCCCNCC1CCOCO1. The molecule has 6 heteroatoms. The van der Waals surface area contributed by atoms with Crippen molar-refractivity contribution in [1.82, 2.24) is 5.32 Å². The summed E-state index contributed by atoms with van der Waals surface area (Å²) in [6, 6.07) is 0. The topological polar surface area (TPSA) is 30.5 Å². The standard InChI is InChI=1S/C10H18F3NO2/c11-10(12,13)4-1-2-5-14-7-9-3-6-15-8-16-9/h9,14H,1-8H2. The first kappa shape index (κ1) is 13.7. The molecule has 1 saturated heterocycles. The zero-order valence-electron chi connectivity index (χ0n) is 9.18. The second-order valence-electron chi connectivity index (χ2n) is 3.88. The maximum absolute atomic E-state index is 11.8. The summed E-state index contributed by atoms with van der Waals surface area (Å²) in [6.07, 6.45) is -3.01. The first-order valence-electron chi connectivity index (χ1n) is 5.55. The third-order valence-electron chi connectivity index (χ3n) is 2.41. The van der Waals surface area contributed by atoms with Crippen LogP contribution < -0.4 is 5.32 Å². The Morgan fingerprint density at radius 3 is 2.69 bits per heavy atom. The van der Waals surface area contributed by atoms with Crippen LogP contribution in [0.2, 0.25) is 0 Å². The van der Waals surface area contributed by atoms with E-state index >= 15 is 0 Å². The minimum atomic E-state index is -4.02. The third kappa shape index (κ3) is 7.03. The number of alkyl halides is 3. The van der Waals surface area contributed by atoms with E-state index in [4.69, 9.17) is 9.47 Å². The van der Waals surface area contributed by atoms with Gasteiger partial charge in [-0.15, -0.1) is 0 Å². The Bertz CT molecular complexity index is 181. The van der Waals surface area contributed by atoms with Gasteiger partial charge in [-0.25, -0.2) is 0 Å². The second kappa shape index (κ2) is 7.09. The highest BCUT2D eigenvalue weighted by atomic mass is 19.4. The van der Waals surface area contributed by atoms with Crippen LogP contribution in [0.15, 0.2) is 0 Å². The van der Waals surface area contributed by atoms with Gasteiger partial charge in [0.05, 0.1) is 12.7 Å². The molecule has 0 aromatic carbocycles. The predicted octanol–water partition coefficient (Wildman–Crippen LogP) is 2.07. The minimum absolute atomic E-state index is 0.136. The van der Waals surface area contributed by atoms with Crippen LogP contribution in [0.25, 0.3) is 0 Å². The molecule has 0 aromatic heterocycles. The first-order valence-corrected chi connectivity index (χ1v) is 5.55. The molecule has 1 atom stereocenters. The molecule has 96 valence electrons. The van der Waals surface area contributed by atoms with Gasteiger partial charge in [0, 0.05) is 13.0 Å². The Balaban J connectivity index is 1.87. The number of unbranched alkanes of at least 4 members (excludes halogenated alkanes) is 1. The van der Waals surface area contributed by atoms with Crippen molar-refractivity contribution in [3.8, 4) is 0 Å². The lowest BCUT2D eigenvalue weighted by Gasteiger charge is -2.22. The Hall–Kier alpha value is -0.330. The smallest absolute Gasteiger partial charge is 0.355 e. The number of nitrogens with one attached hydrogen (secondary N) is 1. The fourth-order valence-electron chi connectivity index (χ4n) is 1.50. The molecular weight excluding hydrogens is 223 g/mol. The molecule has 1 rings (SSSR count). The summed E-state index contributed by atoms with van der Waals surface area (Å²) < 4.78 is 45.7. The lowest BCUT2D eigenvalue weighted by Crippen LogP contribution is -2.34. The molecule has 0 aliphatic carbocycles. The van der Waals surface area contributed by atoms with Crippen LogP contribution in [0.3, 0.4) is 0 Å². The van der Waals surface area contributed by atoms with Gasteiger partial charge in [0.1, 0.15) is 6.79 Å². The van der Waals surface area contributed by atoms with Crippen molar-refractivity contribution >= 4 is 0 Å². The van der Waals surface area contributed by atoms with E-state index < -0.39 is 12.6 Å². The van der Waals surface area contributed by atoms with Crippen LogP contribution >= 0.6 is 0 Å². The molecule has 0 saturated carbocycles. The Morgan fingerprint density at radius 1 is 1.25 bits per heavy atom. The second-order valence-corrected chi connectivity index (χ2v) is 3.88. The summed E-state index contributed by atoms with van der Waals surface area (Å²) in [7, 11) is 0. The molecule has 0 spiro atoms. The molecule has 1 aliphatic heterocycles. The molecule has 1 aliphatic rings. The average molecular weight is 241 g/mol. The van der Waals surface area contributed by atoms with E-state index in [0.29, 0.717) is 32.9 Å². The summed E-state index contributed by atoms with van der Waals surface area (Å²) in [5, 5.41) is 3.09. The van der Waals surface area contributed by atoms with Gasteiger partial charge in [-0.2, -0.15) is 13.2 Å². The van der Waals surface area contributed by atoms with Gasteiger partial charge in [-0.3, -0.25) is 0 Å². The van der Waals surface area contributed by atoms with Gasteiger partial charge in [-0.05, 0) is 25.8 Å². The summed E-state index contributed by atoms with van der Waals surface area (Å²) >= 11 is 0. The molecule has 3 nitrogen and oxygen atoms in total. The number of rotatable bonds is 6. The largest absolute Gasteiger partial charge is 0.389 e. The molecule has 1 heterocycles. The zero-order chi connectivity index (χ0) is 11.9. The average Bonchev–Trinajstić information content (AvgIpc) is 2.23. The summed E-state index contributed by atoms with van der Waals surface area (Å²) in [5.74, 6) is 0.